The summed E-state index contributed by atoms with van der Waals surface area (Å²) in [4.78, 5) is 0.161. The summed E-state index contributed by atoms with van der Waals surface area (Å²) >= 11 is 0. The molecule has 0 radical (unpaired) electrons. The predicted octanol–water partition coefficient (Wildman–Crippen LogP) is 1.63. The molecule has 5 heteroatoms. The van der Waals surface area contributed by atoms with E-state index in [4.69, 9.17) is 0 Å². The molecular formula is C10H14FNO2S. The Balaban J connectivity index is 2.91. The number of aryl methyl sites for hydroxylation is 1. The van der Waals surface area contributed by atoms with Gasteiger partial charge in [-0.1, -0.05) is 17.7 Å². The summed E-state index contributed by atoms with van der Waals surface area (Å²) in [6.07, 6.45) is 0. The van der Waals surface area contributed by atoms with Gasteiger partial charge in [0.1, 0.15) is 6.67 Å². The quantitative estimate of drug-likeness (QED) is 0.856. The van der Waals surface area contributed by atoms with E-state index in [0.29, 0.717) is 0 Å². The Kier molecular flexibility index (Phi) is 3.82. The molecule has 1 unspecified atom stereocenters. The number of rotatable bonds is 4. The van der Waals surface area contributed by atoms with Crippen molar-refractivity contribution in [3.63, 3.8) is 0 Å². The maximum atomic E-state index is 12.2. The average molecular weight is 231 g/mol. The van der Waals surface area contributed by atoms with Gasteiger partial charge < -0.3 is 0 Å². The first-order valence-electron chi connectivity index (χ1n) is 4.60. The first-order chi connectivity index (χ1) is 6.95. The Morgan fingerprint density at radius 1 is 1.33 bits per heavy atom. The molecule has 1 rings (SSSR count). The van der Waals surface area contributed by atoms with Crippen molar-refractivity contribution in [1.82, 2.24) is 4.72 Å². The summed E-state index contributed by atoms with van der Waals surface area (Å²) in [5, 5.41) is 0. The van der Waals surface area contributed by atoms with Crippen molar-refractivity contribution >= 4 is 10.0 Å². The minimum Gasteiger partial charge on any atom is -0.249 e. The summed E-state index contributed by atoms with van der Waals surface area (Å²) < 4.78 is 37.7. The van der Waals surface area contributed by atoms with Gasteiger partial charge in [0.2, 0.25) is 10.0 Å². The van der Waals surface area contributed by atoms with Crippen molar-refractivity contribution in [1.29, 1.82) is 0 Å². The lowest BCUT2D eigenvalue weighted by Gasteiger charge is -2.10. The molecule has 0 saturated heterocycles. The van der Waals surface area contributed by atoms with E-state index in [1.165, 1.54) is 19.1 Å². The third kappa shape index (κ3) is 3.28. The van der Waals surface area contributed by atoms with Crippen LogP contribution in [-0.4, -0.2) is 21.1 Å². The Labute approximate surface area is 89.4 Å². The maximum Gasteiger partial charge on any atom is 0.240 e. The normalized spacial score (nSPS) is 13.8. The summed E-state index contributed by atoms with van der Waals surface area (Å²) in [7, 11) is -3.58. The van der Waals surface area contributed by atoms with Gasteiger partial charge in [0, 0.05) is 6.04 Å². The maximum absolute atomic E-state index is 12.2. The number of alkyl halides is 1. The molecule has 84 valence electrons. The molecule has 0 aliphatic carbocycles. The highest BCUT2D eigenvalue weighted by Crippen LogP contribution is 2.10. The first kappa shape index (κ1) is 12.1. The molecule has 3 nitrogen and oxygen atoms in total. The van der Waals surface area contributed by atoms with Gasteiger partial charge in [-0.15, -0.1) is 0 Å². The molecule has 0 bridgehead atoms. The van der Waals surface area contributed by atoms with Gasteiger partial charge in [0.15, 0.2) is 0 Å². The van der Waals surface area contributed by atoms with Crippen LogP contribution in [0.5, 0.6) is 0 Å². The minimum atomic E-state index is -3.58. The highest BCUT2D eigenvalue weighted by molar-refractivity contribution is 7.89. The lowest BCUT2D eigenvalue weighted by molar-refractivity contribution is 0.423. The van der Waals surface area contributed by atoms with Crippen LogP contribution < -0.4 is 4.72 Å². The third-order valence-electron chi connectivity index (χ3n) is 1.92. The van der Waals surface area contributed by atoms with Gasteiger partial charge in [-0.3, -0.25) is 0 Å². The standard InChI is InChI=1S/C10H14FNO2S/c1-8-3-5-10(6-4-8)15(13,14)12-9(2)7-11/h3-6,9,12H,7H2,1-2H3. The number of hydrogen-bond donors (Lipinski definition) is 1. The summed E-state index contributed by atoms with van der Waals surface area (Å²) in [6.45, 7) is 2.63. The van der Waals surface area contributed by atoms with Gasteiger partial charge in [-0.05, 0) is 26.0 Å². The highest BCUT2D eigenvalue weighted by atomic mass is 32.2. The molecule has 0 aliphatic heterocycles. The fraction of sp³-hybridized carbons (Fsp3) is 0.400. The largest absolute Gasteiger partial charge is 0.249 e. The van der Waals surface area contributed by atoms with Gasteiger partial charge in [0.25, 0.3) is 0 Å². The number of nitrogens with one attached hydrogen (secondary N) is 1. The molecule has 15 heavy (non-hydrogen) atoms. The van der Waals surface area contributed by atoms with Crippen LogP contribution in [0.2, 0.25) is 0 Å². The van der Waals surface area contributed by atoms with Gasteiger partial charge >= 0.3 is 0 Å². The van der Waals surface area contributed by atoms with E-state index in [1.54, 1.807) is 12.1 Å². The fourth-order valence-electron chi connectivity index (χ4n) is 1.08. The van der Waals surface area contributed by atoms with Crippen LogP contribution in [0.1, 0.15) is 12.5 Å². The van der Waals surface area contributed by atoms with Gasteiger partial charge in [-0.2, -0.15) is 0 Å². The summed E-state index contributed by atoms with van der Waals surface area (Å²) in [5.41, 5.74) is 0.979. The fourth-order valence-corrected chi connectivity index (χ4v) is 2.31. The first-order valence-corrected chi connectivity index (χ1v) is 6.09. The Bertz CT molecular complexity index is 414. The van der Waals surface area contributed by atoms with Crippen LogP contribution in [0.3, 0.4) is 0 Å². The van der Waals surface area contributed by atoms with E-state index < -0.39 is 22.7 Å². The minimum absolute atomic E-state index is 0.161. The molecule has 0 heterocycles. The molecule has 0 amide bonds. The van der Waals surface area contributed by atoms with Crippen LogP contribution in [0, 0.1) is 6.92 Å². The van der Waals surface area contributed by atoms with Crippen molar-refractivity contribution in [3.8, 4) is 0 Å². The average Bonchev–Trinajstić information content (AvgIpc) is 2.17. The smallest absolute Gasteiger partial charge is 0.240 e. The van der Waals surface area contributed by atoms with E-state index in [2.05, 4.69) is 4.72 Å². The Hall–Kier alpha value is -0.940. The predicted molar refractivity (Wildman–Crippen MR) is 56.9 cm³/mol. The number of benzene rings is 1. The molecule has 0 saturated carbocycles. The molecule has 0 fully saturated rings. The van der Waals surface area contributed by atoms with Crippen LogP contribution >= 0.6 is 0 Å². The van der Waals surface area contributed by atoms with Crippen LogP contribution in [0.15, 0.2) is 29.2 Å². The van der Waals surface area contributed by atoms with Crippen LogP contribution in [0.4, 0.5) is 4.39 Å². The third-order valence-corrected chi connectivity index (χ3v) is 3.52. The lowest BCUT2D eigenvalue weighted by atomic mass is 10.2. The van der Waals surface area contributed by atoms with Crippen LogP contribution in [-0.2, 0) is 10.0 Å². The second kappa shape index (κ2) is 4.72. The van der Waals surface area contributed by atoms with Crippen molar-refractivity contribution in [2.45, 2.75) is 24.8 Å². The molecule has 1 atom stereocenters. The summed E-state index contributed by atoms with van der Waals surface area (Å²) in [5.74, 6) is 0. The Morgan fingerprint density at radius 3 is 2.33 bits per heavy atom. The van der Waals surface area contributed by atoms with Crippen LogP contribution in [0.25, 0.3) is 0 Å². The molecule has 1 aromatic carbocycles. The zero-order chi connectivity index (χ0) is 11.5. The topological polar surface area (TPSA) is 46.2 Å². The van der Waals surface area contributed by atoms with Crippen molar-refractivity contribution in [2.75, 3.05) is 6.67 Å². The van der Waals surface area contributed by atoms with Crippen molar-refractivity contribution in [2.24, 2.45) is 0 Å². The van der Waals surface area contributed by atoms with E-state index in [0.717, 1.165) is 5.56 Å². The molecule has 1 aromatic rings. The zero-order valence-corrected chi connectivity index (χ0v) is 9.51. The second-order valence-electron chi connectivity index (χ2n) is 3.49. The van der Waals surface area contributed by atoms with E-state index in [-0.39, 0.29) is 4.90 Å². The molecule has 0 aromatic heterocycles. The van der Waals surface area contributed by atoms with Crippen molar-refractivity contribution < 1.29 is 12.8 Å². The SMILES string of the molecule is Cc1ccc(S(=O)(=O)NC(C)CF)cc1. The monoisotopic (exact) mass is 231 g/mol. The molecule has 0 spiro atoms. The number of hydrogen-bond acceptors (Lipinski definition) is 2. The van der Waals surface area contributed by atoms with Crippen molar-refractivity contribution in [3.05, 3.63) is 29.8 Å². The lowest BCUT2D eigenvalue weighted by Crippen LogP contribution is -2.33. The zero-order valence-electron chi connectivity index (χ0n) is 8.70. The van der Waals surface area contributed by atoms with E-state index in [9.17, 15) is 12.8 Å². The molecule has 1 N–H and O–H groups in total. The van der Waals surface area contributed by atoms with Gasteiger partial charge in [0.05, 0.1) is 4.90 Å². The molecule has 0 aliphatic rings. The van der Waals surface area contributed by atoms with Gasteiger partial charge in [-0.25, -0.2) is 17.5 Å². The van der Waals surface area contributed by atoms with E-state index in [1.807, 2.05) is 6.92 Å². The van der Waals surface area contributed by atoms with E-state index >= 15 is 0 Å². The second-order valence-corrected chi connectivity index (χ2v) is 5.20. The Morgan fingerprint density at radius 2 is 1.87 bits per heavy atom. The molecular weight excluding hydrogens is 217 g/mol. The number of sulfonamides is 1. The highest BCUT2D eigenvalue weighted by Gasteiger charge is 2.16. The summed E-state index contributed by atoms with van der Waals surface area (Å²) in [6, 6.07) is 5.71. The number of halogens is 1.